The lowest BCUT2D eigenvalue weighted by Crippen LogP contribution is -2.26. The minimum absolute atomic E-state index is 0.129. The molecule has 0 saturated heterocycles. The number of rotatable bonds is 4. The fourth-order valence-electron chi connectivity index (χ4n) is 1.53. The SMILES string of the molecule is CN(Cc1nncn1-c1ccccc1Cl)S(C)(=O)=O. The van der Waals surface area contributed by atoms with Crippen LogP contribution in [0.1, 0.15) is 5.82 Å². The van der Waals surface area contributed by atoms with E-state index in [-0.39, 0.29) is 6.54 Å². The lowest BCUT2D eigenvalue weighted by atomic mass is 10.3. The van der Waals surface area contributed by atoms with Crippen LogP contribution in [0.3, 0.4) is 0 Å². The molecule has 0 spiro atoms. The molecule has 0 saturated carbocycles. The van der Waals surface area contributed by atoms with E-state index in [1.165, 1.54) is 17.7 Å². The Morgan fingerprint density at radius 3 is 2.68 bits per heavy atom. The maximum Gasteiger partial charge on any atom is 0.211 e. The molecule has 19 heavy (non-hydrogen) atoms. The predicted octanol–water partition coefficient (Wildman–Crippen LogP) is 1.31. The number of hydrogen-bond donors (Lipinski definition) is 0. The van der Waals surface area contributed by atoms with Crippen molar-refractivity contribution in [2.24, 2.45) is 0 Å². The van der Waals surface area contributed by atoms with Gasteiger partial charge in [-0.25, -0.2) is 8.42 Å². The molecule has 0 amide bonds. The van der Waals surface area contributed by atoms with Crippen molar-refractivity contribution in [2.75, 3.05) is 13.3 Å². The number of benzene rings is 1. The van der Waals surface area contributed by atoms with Crippen LogP contribution in [0.15, 0.2) is 30.6 Å². The minimum atomic E-state index is -3.27. The molecule has 1 aromatic carbocycles. The van der Waals surface area contributed by atoms with Crippen LogP contribution in [0, 0.1) is 0 Å². The van der Waals surface area contributed by atoms with E-state index in [0.717, 1.165) is 6.26 Å². The highest BCUT2D eigenvalue weighted by molar-refractivity contribution is 7.88. The Kier molecular flexibility index (Phi) is 3.88. The highest BCUT2D eigenvalue weighted by Crippen LogP contribution is 2.21. The number of halogens is 1. The molecule has 6 nitrogen and oxygen atoms in total. The van der Waals surface area contributed by atoms with E-state index < -0.39 is 10.0 Å². The zero-order valence-electron chi connectivity index (χ0n) is 10.5. The van der Waals surface area contributed by atoms with E-state index in [1.54, 1.807) is 10.6 Å². The third-order valence-electron chi connectivity index (χ3n) is 2.66. The highest BCUT2D eigenvalue weighted by Gasteiger charge is 2.16. The smallest absolute Gasteiger partial charge is 0.211 e. The molecule has 102 valence electrons. The van der Waals surface area contributed by atoms with Crippen molar-refractivity contribution in [3.8, 4) is 5.69 Å². The van der Waals surface area contributed by atoms with Crippen LogP contribution in [-0.2, 0) is 16.6 Å². The van der Waals surface area contributed by atoms with Gasteiger partial charge in [0.15, 0.2) is 5.82 Å². The summed E-state index contributed by atoms with van der Waals surface area (Å²) in [4.78, 5) is 0. The summed E-state index contributed by atoms with van der Waals surface area (Å²) in [6, 6.07) is 7.22. The molecule has 0 bridgehead atoms. The Balaban J connectivity index is 2.36. The first-order chi connectivity index (χ1) is 8.89. The predicted molar refractivity (Wildman–Crippen MR) is 72.7 cm³/mol. The van der Waals surface area contributed by atoms with E-state index in [2.05, 4.69) is 10.2 Å². The summed E-state index contributed by atoms with van der Waals surface area (Å²) in [6.45, 7) is 0.129. The Bertz CT molecular complexity index is 684. The highest BCUT2D eigenvalue weighted by atomic mass is 35.5. The summed E-state index contributed by atoms with van der Waals surface area (Å²) in [5.41, 5.74) is 0.714. The molecule has 0 aliphatic heterocycles. The van der Waals surface area contributed by atoms with Gasteiger partial charge in [-0.1, -0.05) is 23.7 Å². The van der Waals surface area contributed by atoms with Gasteiger partial charge in [-0.3, -0.25) is 4.57 Å². The first kappa shape index (κ1) is 14.0. The van der Waals surface area contributed by atoms with E-state index >= 15 is 0 Å². The molecule has 0 N–H and O–H groups in total. The van der Waals surface area contributed by atoms with Gasteiger partial charge in [0.05, 0.1) is 23.5 Å². The molecule has 0 atom stereocenters. The molecule has 2 aromatic rings. The van der Waals surface area contributed by atoms with Gasteiger partial charge in [-0.2, -0.15) is 4.31 Å². The second-order valence-electron chi connectivity index (χ2n) is 4.09. The van der Waals surface area contributed by atoms with Crippen LogP contribution in [0.5, 0.6) is 0 Å². The van der Waals surface area contributed by atoms with Crippen molar-refractivity contribution in [1.82, 2.24) is 19.1 Å². The zero-order valence-corrected chi connectivity index (χ0v) is 12.1. The van der Waals surface area contributed by atoms with Gasteiger partial charge in [-0.05, 0) is 12.1 Å². The van der Waals surface area contributed by atoms with E-state index in [4.69, 9.17) is 11.6 Å². The van der Waals surface area contributed by atoms with Crippen LogP contribution < -0.4 is 0 Å². The summed E-state index contributed by atoms with van der Waals surface area (Å²) in [7, 11) is -1.78. The fourth-order valence-corrected chi connectivity index (χ4v) is 2.11. The first-order valence-electron chi connectivity index (χ1n) is 5.44. The molecule has 0 aliphatic carbocycles. The normalized spacial score (nSPS) is 12.0. The van der Waals surface area contributed by atoms with Crippen molar-refractivity contribution < 1.29 is 8.42 Å². The van der Waals surface area contributed by atoms with Gasteiger partial charge in [0.2, 0.25) is 10.0 Å². The number of para-hydroxylation sites is 1. The molecule has 0 unspecified atom stereocenters. The first-order valence-corrected chi connectivity index (χ1v) is 7.67. The maximum absolute atomic E-state index is 11.4. The molecule has 1 aromatic heterocycles. The third kappa shape index (κ3) is 3.12. The van der Waals surface area contributed by atoms with Gasteiger partial charge < -0.3 is 0 Å². The van der Waals surface area contributed by atoms with E-state index in [1.807, 2.05) is 18.2 Å². The van der Waals surface area contributed by atoms with Crippen molar-refractivity contribution in [3.63, 3.8) is 0 Å². The second-order valence-corrected chi connectivity index (χ2v) is 6.58. The van der Waals surface area contributed by atoms with Gasteiger partial charge in [0.1, 0.15) is 6.33 Å². The molecule has 0 fully saturated rings. The topological polar surface area (TPSA) is 68.1 Å². The quantitative estimate of drug-likeness (QED) is 0.854. The van der Waals surface area contributed by atoms with Crippen molar-refractivity contribution >= 4 is 21.6 Å². The van der Waals surface area contributed by atoms with E-state index in [0.29, 0.717) is 16.5 Å². The molecule has 2 rings (SSSR count). The summed E-state index contributed by atoms with van der Waals surface area (Å²) in [5.74, 6) is 0.501. The van der Waals surface area contributed by atoms with Gasteiger partial charge in [-0.15, -0.1) is 10.2 Å². The van der Waals surface area contributed by atoms with Crippen LogP contribution in [0.2, 0.25) is 5.02 Å². The van der Waals surface area contributed by atoms with Crippen molar-refractivity contribution in [3.05, 3.63) is 41.4 Å². The standard InChI is InChI=1S/C11H13ClN4O2S/c1-15(19(2,17)18)7-11-14-13-8-16(11)10-6-4-3-5-9(10)12/h3-6,8H,7H2,1-2H3. The van der Waals surface area contributed by atoms with Gasteiger partial charge in [0, 0.05) is 7.05 Å². The lowest BCUT2D eigenvalue weighted by Gasteiger charge is -2.14. The van der Waals surface area contributed by atoms with E-state index in [9.17, 15) is 8.42 Å². The number of nitrogens with zero attached hydrogens (tertiary/aromatic N) is 4. The summed E-state index contributed by atoms with van der Waals surface area (Å²) in [5, 5.41) is 8.29. The summed E-state index contributed by atoms with van der Waals surface area (Å²) >= 11 is 6.11. The largest absolute Gasteiger partial charge is 0.283 e. The molecule has 0 aliphatic rings. The number of sulfonamides is 1. The van der Waals surface area contributed by atoms with Gasteiger partial charge in [0.25, 0.3) is 0 Å². The third-order valence-corrected chi connectivity index (χ3v) is 4.24. The fraction of sp³-hybridized carbons (Fsp3) is 0.273. The Hall–Kier alpha value is -1.44. The summed E-state index contributed by atoms with van der Waals surface area (Å²) in [6.07, 6.45) is 2.65. The molecular weight excluding hydrogens is 288 g/mol. The Morgan fingerprint density at radius 2 is 2.05 bits per heavy atom. The monoisotopic (exact) mass is 300 g/mol. The molecule has 0 radical (unpaired) electrons. The number of aromatic nitrogens is 3. The molecule has 1 heterocycles. The van der Waals surface area contributed by atoms with Crippen LogP contribution in [-0.4, -0.2) is 40.8 Å². The second kappa shape index (κ2) is 5.28. The maximum atomic E-state index is 11.4. The Labute approximate surface area is 116 Å². The average Bonchev–Trinajstić information content (AvgIpc) is 2.76. The average molecular weight is 301 g/mol. The minimum Gasteiger partial charge on any atom is -0.283 e. The van der Waals surface area contributed by atoms with Crippen molar-refractivity contribution in [2.45, 2.75) is 6.54 Å². The Morgan fingerprint density at radius 1 is 1.37 bits per heavy atom. The van der Waals surface area contributed by atoms with Gasteiger partial charge >= 0.3 is 0 Å². The van der Waals surface area contributed by atoms with Crippen molar-refractivity contribution in [1.29, 1.82) is 0 Å². The molecular formula is C11H13ClN4O2S. The van der Waals surface area contributed by atoms with Crippen LogP contribution >= 0.6 is 11.6 Å². The van der Waals surface area contributed by atoms with Crippen LogP contribution in [0.4, 0.5) is 0 Å². The zero-order chi connectivity index (χ0) is 14.0. The number of hydrogen-bond acceptors (Lipinski definition) is 4. The molecule has 8 heteroatoms. The lowest BCUT2D eigenvalue weighted by molar-refractivity contribution is 0.458. The summed E-state index contributed by atoms with van der Waals surface area (Å²) < 4.78 is 25.7. The van der Waals surface area contributed by atoms with Crippen LogP contribution in [0.25, 0.3) is 5.69 Å².